The van der Waals surface area contributed by atoms with Gasteiger partial charge in [-0.2, -0.15) is 0 Å². The van der Waals surface area contributed by atoms with Gasteiger partial charge in [-0.3, -0.25) is 10.6 Å². The van der Waals surface area contributed by atoms with Crippen LogP contribution >= 0.6 is 0 Å². The van der Waals surface area contributed by atoms with Gasteiger partial charge in [0.15, 0.2) is 0 Å². The van der Waals surface area contributed by atoms with E-state index in [2.05, 4.69) is 31.5 Å². The molecule has 1 rings (SSSR count). The first-order chi connectivity index (χ1) is 8.97. The minimum absolute atomic E-state index is 0.0168. The molecular weight excluding hydrogens is 238 g/mol. The summed E-state index contributed by atoms with van der Waals surface area (Å²) in [6, 6.07) is 5.67. The van der Waals surface area contributed by atoms with Gasteiger partial charge in [0, 0.05) is 17.3 Å². The lowest BCUT2D eigenvalue weighted by molar-refractivity contribution is 0.0935. The molecule has 1 aromatic carbocycles. The van der Waals surface area contributed by atoms with Gasteiger partial charge in [0.05, 0.1) is 0 Å². The van der Waals surface area contributed by atoms with Gasteiger partial charge < -0.3 is 10.7 Å². The van der Waals surface area contributed by atoms with E-state index in [0.29, 0.717) is 11.5 Å². The molecule has 0 aliphatic carbocycles. The molecule has 4 nitrogen and oxygen atoms in total. The number of carbonyl (C=O) groups excluding carboxylic acids is 1. The zero-order valence-electron chi connectivity index (χ0n) is 12.3. The van der Waals surface area contributed by atoms with Crippen LogP contribution in [-0.4, -0.2) is 11.9 Å². The van der Waals surface area contributed by atoms with Crippen LogP contribution in [0.25, 0.3) is 0 Å². The van der Waals surface area contributed by atoms with Crippen molar-refractivity contribution < 1.29 is 4.79 Å². The van der Waals surface area contributed by atoms with Crippen LogP contribution in [-0.2, 0) is 0 Å². The Balaban J connectivity index is 2.68. The van der Waals surface area contributed by atoms with Crippen molar-refractivity contribution in [1.82, 2.24) is 5.32 Å². The van der Waals surface area contributed by atoms with E-state index in [1.54, 1.807) is 12.1 Å². The van der Waals surface area contributed by atoms with Gasteiger partial charge in [-0.25, -0.2) is 0 Å². The summed E-state index contributed by atoms with van der Waals surface area (Å²) in [5, 5.41) is 3.05. The summed E-state index contributed by atoms with van der Waals surface area (Å²) in [5.41, 5.74) is 5.01. The average Bonchev–Trinajstić information content (AvgIpc) is 2.37. The molecule has 4 heteroatoms. The van der Waals surface area contributed by atoms with Crippen molar-refractivity contribution in [1.29, 1.82) is 0 Å². The molecule has 0 bridgehead atoms. The van der Waals surface area contributed by atoms with Crippen LogP contribution in [0.15, 0.2) is 18.2 Å². The number of hydrogen-bond acceptors (Lipinski definition) is 3. The number of aryl methyl sites for hydroxylation is 1. The van der Waals surface area contributed by atoms with Gasteiger partial charge in [-0.15, -0.1) is 0 Å². The molecule has 1 aromatic rings. The van der Waals surface area contributed by atoms with Gasteiger partial charge >= 0.3 is 0 Å². The largest absolute Gasteiger partial charge is 0.350 e. The van der Waals surface area contributed by atoms with E-state index in [1.807, 2.05) is 13.0 Å². The number of amides is 1. The number of nitrogens with two attached hydrogens (primary N) is 1. The number of nitrogen functional groups attached to an aromatic ring is 1. The SMILES string of the molecule is CCC(C)CC(C)NC(=O)c1ccc(NN)cc1C. The molecule has 0 aromatic heterocycles. The molecule has 0 aliphatic heterocycles. The Kier molecular flexibility index (Phi) is 5.83. The summed E-state index contributed by atoms with van der Waals surface area (Å²) >= 11 is 0. The Labute approximate surface area is 115 Å². The molecule has 0 fully saturated rings. The first kappa shape index (κ1) is 15.5. The normalized spacial score (nSPS) is 13.7. The first-order valence-electron chi connectivity index (χ1n) is 6.86. The van der Waals surface area contributed by atoms with Crippen LogP contribution in [0, 0.1) is 12.8 Å². The standard InChI is InChI=1S/C15H25N3O/c1-5-10(2)8-12(4)17-15(19)14-7-6-13(18-16)9-11(14)3/h6-7,9-10,12,18H,5,8,16H2,1-4H3,(H,17,19). The minimum atomic E-state index is -0.0168. The third-order valence-electron chi connectivity index (χ3n) is 3.47. The lowest BCUT2D eigenvalue weighted by atomic mass is 10.00. The average molecular weight is 263 g/mol. The lowest BCUT2D eigenvalue weighted by Crippen LogP contribution is -2.34. The monoisotopic (exact) mass is 263 g/mol. The third-order valence-corrected chi connectivity index (χ3v) is 3.47. The Morgan fingerprint density at radius 1 is 1.37 bits per heavy atom. The zero-order chi connectivity index (χ0) is 14.4. The molecule has 4 N–H and O–H groups in total. The van der Waals surface area contributed by atoms with Crippen LogP contribution in [0.1, 0.15) is 49.5 Å². The summed E-state index contributed by atoms with van der Waals surface area (Å²) in [6.45, 7) is 8.34. The van der Waals surface area contributed by atoms with Gasteiger partial charge in [0.1, 0.15) is 0 Å². The summed E-state index contributed by atoms with van der Waals surface area (Å²) in [5.74, 6) is 5.95. The van der Waals surface area contributed by atoms with E-state index >= 15 is 0 Å². The quantitative estimate of drug-likeness (QED) is 0.546. The maximum Gasteiger partial charge on any atom is 0.251 e. The number of rotatable bonds is 6. The predicted molar refractivity (Wildman–Crippen MR) is 80.0 cm³/mol. The van der Waals surface area contributed by atoms with E-state index in [-0.39, 0.29) is 11.9 Å². The van der Waals surface area contributed by atoms with Crippen molar-refractivity contribution in [3.05, 3.63) is 29.3 Å². The van der Waals surface area contributed by atoms with E-state index in [0.717, 1.165) is 24.1 Å². The van der Waals surface area contributed by atoms with Gasteiger partial charge in [0.2, 0.25) is 0 Å². The smallest absolute Gasteiger partial charge is 0.251 e. The van der Waals surface area contributed by atoms with Gasteiger partial charge in [0.25, 0.3) is 5.91 Å². The van der Waals surface area contributed by atoms with Gasteiger partial charge in [-0.05, 0) is 49.9 Å². The highest BCUT2D eigenvalue weighted by Gasteiger charge is 2.13. The third kappa shape index (κ3) is 4.56. The lowest BCUT2D eigenvalue weighted by Gasteiger charge is -2.18. The number of benzene rings is 1. The molecular formula is C15H25N3O. The Morgan fingerprint density at radius 2 is 2.05 bits per heavy atom. The van der Waals surface area contributed by atoms with E-state index in [4.69, 9.17) is 5.84 Å². The molecule has 0 spiro atoms. The molecule has 0 heterocycles. The summed E-state index contributed by atoms with van der Waals surface area (Å²) in [6.07, 6.45) is 2.14. The zero-order valence-corrected chi connectivity index (χ0v) is 12.3. The summed E-state index contributed by atoms with van der Waals surface area (Å²) < 4.78 is 0. The highest BCUT2D eigenvalue weighted by atomic mass is 16.1. The topological polar surface area (TPSA) is 67.2 Å². The van der Waals surface area contributed by atoms with E-state index in [9.17, 15) is 4.79 Å². The van der Waals surface area contributed by atoms with Crippen LogP contribution in [0.3, 0.4) is 0 Å². The predicted octanol–water partition coefficient (Wildman–Crippen LogP) is 2.84. The molecule has 1 amide bonds. The summed E-state index contributed by atoms with van der Waals surface area (Å²) in [4.78, 5) is 12.2. The van der Waals surface area contributed by atoms with Crippen molar-refractivity contribution in [3.8, 4) is 0 Å². The second-order valence-corrected chi connectivity index (χ2v) is 5.30. The van der Waals surface area contributed by atoms with E-state index in [1.165, 1.54) is 0 Å². The maximum atomic E-state index is 12.2. The first-order valence-corrected chi connectivity index (χ1v) is 6.86. The van der Waals surface area contributed by atoms with E-state index < -0.39 is 0 Å². The molecule has 0 radical (unpaired) electrons. The fourth-order valence-electron chi connectivity index (χ4n) is 2.14. The number of carbonyl (C=O) groups is 1. The Hall–Kier alpha value is -1.55. The van der Waals surface area contributed by atoms with Crippen LogP contribution in [0.5, 0.6) is 0 Å². The molecule has 2 atom stereocenters. The summed E-state index contributed by atoms with van der Waals surface area (Å²) in [7, 11) is 0. The second-order valence-electron chi connectivity index (χ2n) is 5.30. The number of nitrogens with one attached hydrogen (secondary N) is 2. The molecule has 2 unspecified atom stereocenters. The van der Waals surface area contributed by atoms with Gasteiger partial charge in [-0.1, -0.05) is 20.3 Å². The molecule has 0 saturated carbocycles. The molecule has 0 aliphatic rings. The van der Waals surface area contributed by atoms with Crippen molar-refractivity contribution >= 4 is 11.6 Å². The van der Waals surface area contributed by atoms with Crippen molar-refractivity contribution in [2.75, 3.05) is 5.43 Å². The Bertz CT molecular complexity index is 431. The second kappa shape index (κ2) is 7.14. The van der Waals surface area contributed by atoms with Crippen LogP contribution in [0.4, 0.5) is 5.69 Å². The highest BCUT2D eigenvalue weighted by Crippen LogP contribution is 2.15. The highest BCUT2D eigenvalue weighted by molar-refractivity contribution is 5.96. The van der Waals surface area contributed by atoms with Crippen molar-refractivity contribution in [2.24, 2.45) is 11.8 Å². The molecule has 106 valence electrons. The Morgan fingerprint density at radius 3 is 2.58 bits per heavy atom. The number of anilines is 1. The number of hydrogen-bond donors (Lipinski definition) is 3. The van der Waals surface area contributed by atoms with Crippen LogP contribution in [0.2, 0.25) is 0 Å². The number of hydrazine groups is 1. The molecule has 0 saturated heterocycles. The maximum absolute atomic E-state index is 12.2. The fourth-order valence-corrected chi connectivity index (χ4v) is 2.14. The molecule has 19 heavy (non-hydrogen) atoms. The van der Waals surface area contributed by atoms with Crippen molar-refractivity contribution in [3.63, 3.8) is 0 Å². The fraction of sp³-hybridized carbons (Fsp3) is 0.533. The van der Waals surface area contributed by atoms with Crippen LogP contribution < -0.4 is 16.6 Å². The van der Waals surface area contributed by atoms with Crippen molar-refractivity contribution in [2.45, 2.75) is 46.6 Å². The minimum Gasteiger partial charge on any atom is -0.350 e.